The molecule has 0 unspecified atom stereocenters. The Morgan fingerprint density at radius 1 is 1.21 bits per heavy atom. The lowest BCUT2D eigenvalue weighted by Gasteiger charge is -2.08. The van der Waals surface area contributed by atoms with Crippen molar-refractivity contribution in [1.82, 2.24) is 10.3 Å². The smallest absolute Gasteiger partial charge is 0.257 e. The minimum Gasteiger partial charge on any atom is -0.367 e. The second-order valence-electron chi connectivity index (χ2n) is 4.23. The first kappa shape index (κ1) is 13.1. The predicted molar refractivity (Wildman–Crippen MR) is 74.1 cm³/mol. The van der Waals surface area contributed by atoms with Crippen molar-refractivity contribution in [2.45, 2.75) is 19.9 Å². The predicted octanol–water partition coefficient (Wildman–Crippen LogP) is 1.87. The molecule has 1 amide bonds. The molecule has 4 heteroatoms. The Hall–Kier alpha value is -2.36. The molecule has 0 atom stereocenters. The van der Waals surface area contributed by atoms with E-state index in [2.05, 4.69) is 17.2 Å². The fraction of sp³-hybridized carbons (Fsp3) is 0.200. The van der Waals surface area contributed by atoms with Gasteiger partial charge in [-0.2, -0.15) is 0 Å². The van der Waals surface area contributed by atoms with Crippen molar-refractivity contribution in [3.8, 4) is 0 Å². The number of hydrogen-bond donors (Lipinski definition) is 2. The van der Waals surface area contributed by atoms with Gasteiger partial charge in [0.2, 0.25) is 0 Å². The third kappa shape index (κ3) is 3.10. The number of aromatic nitrogens is 1. The zero-order valence-corrected chi connectivity index (χ0v) is 10.8. The highest BCUT2D eigenvalue weighted by molar-refractivity contribution is 5.93. The van der Waals surface area contributed by atoms with E-state index in [9.17, 15) is 9.59 Å². The molecular formula is C15H16N2O2. The van der Waals surface area contributed by atoms with Crippen molar-refractivity contribution in [2.24, 2.45) is 0 Å². The molecule has 0 aliphatic carbocycles. The van der Waals surface area contributed by atoms with Gasteiger partial charge in [0.1, 0.15) is 5.56 Å². The Bertz CT molecular complexity index is 632. The summed E-state index contributed by atoms with van der Waals surface area (Å²) in [6, 6.07) is 9.28. The minimum absolute atomic E-state index is 0.136. The van der Waals surface area contributed by atoms with Crippen molar-refractivity contribution in [2.75, 3.05) is 0 Å². The molecule has 2 N–H and O–H groups in total. The van der Waals surface area contributed by atoms with Gasteiger partial charge < -0.3 is 10.3 Å². The number of H-pyrrole nitrogens is 1. The van der Waals surface area contributed by atoms with Crippen LogP contribution in [0.4, 0.5) is 0 Å². The molecule has 0 aliphatic heterocycles. The van der Waals surface area contributed by atoms with Crippen LogP contribution in [0.25, 0.3) is 0 Å². The van der Waals surface area contributed by atoms with Crippen molar-refractivity contribution in [3.05, 3.63) is 69.6 Å². The van der Waals surface area contributed by atoms with Crippen molar-refractivity contribution in [1.29, 1.82) is 0 Å². The summed E-state index contributed by atoms with van der Waals surface area (Å²) in [4.78, 5) is 26.2. The summed E-state index contributed by atoms with van der Waals surface area (Å²) >= 11 is 0. The van der Waals surface area contributed by atoms with Crippen LogP contribution in [-0.2, 0) is 13.0 Å². The van der Waals surface area contributed by atoms with Crippen molar-refractivity contribution in [3.63, 3.8) is 0 Å². The van der Waals surface area contributed by atoms with Crippen LogP contribution in [0.1, 0.15) is 28.4 Å². The second-order valence-corrected chi connectivity index (χ2v) is 4.23. The first-order valence-electron chi connectivity index (χ1n) is 6.24. The molecule has 2 rings (SSSR count). The van der Waals surface area contributed by atoms with E-state index in [1.165, 1.54) is 24.0 Å². The van der Waals surface area contributed by atoms with Crippen LogP contribution in [0.15, 0.2) is 47.5 Å². The summed E-state index contributed by atoms with van der Waals surface area (Å²) < 4.78 is 0. The Balaban J connectivity index is 2.09. The summed E-state index contributed by atoms with van der Waals surface area (Å²) in [6.45, 7) is 2.50. The van der Waals surface area contributed by atoms with Gasteiger partial charge in [0.25, 0.3) is 5.91 Å². The second kappa shape index (κ2) is 6.00. The third-order valence-corrected chi connectivity index (χ3v) is 3.01. The standard InChI is InChI=1S/C15H16N2O2/c1-2-11-5-3-4-6-12(11)9-17-15(19)13-10-16-8-7-14(13)18/h3-8,10H,2,9H2,1H3,(H,16,18)(H,17,19). The molecule has 0 fully saturated rings. The van der Waals surface area contributed by atoms with Crippen LogP contribution in [0.2, 0.25) is 0 Å². The van der Waals surface area contributed by atoms with E-state index in [1.807, 2.05) is 24.3 Å². The van der Waals surface area contributed by atoms with E-state index >= 15 is 0 Å². The molecule has 98 valence electrons. The number of carbonyl (C=O) groups excluding carboxylic acids is 1. The SMILES string of the molecule is CCc1ccccc1CNC(=O)c1c[nH]ccc1=O. The Kier molecular flexibility index (Phi) is 4.13. The van der Waals surface area contributed by atoms with Crippen LogP contribution in [0.3, 0.4) is 0 Å². The zero-order valence-electron chi connectivity index (χ0n) is 10.8. The van der Waals surface area contributed by atoms with E-state index < -0.39 is 0 Å². The largest absolute Gasteiger partial charge is 0.367 e. The van der Waals surface area contributed by atoms with E-state index in [4.69, 9.17) is 0 Å². The van der Waals surface area contributed by atoms with Gasteiger partial charge >= 0.3 is 0 Å². The van der Waals surface area contributed by atoms with Gasteiger partial charge in [-0.25, -0.2) is 0 Å². The molecule has 0 saturated carbocycles. The number of amides is 1. The van der Waals surface area contributed by atoms with Gasteiger partial charge in [-0.05, 0) is 17.5 Å². The molecule has 0 aliphatic rings. The number of hydrogen-bond acceptors (Lipinski definition) is 2. The fourth-order valence-corrected chi connectivity index (χ4v) is 1.94. The van der Waals surface area contributed by atoms with Gasteiger partial charge in [0, 0.05) is 25.0 Å². The number of carbonyl (C=O) groups is 1. The van der Waals surface area contributed by atoms with Gasteiger partial charge in [-0.15, -0.1) is 0 Å². The first-order chi connectivity index (χ1) is 9.22. The Labute approximate surface area is 111 Å². The van der Waals surface area contributed by atoms with E-state index in [-0.39, 0.29) is 16.9 Å². The molecule has 19 heavy (non-hydrogen) atoms. The molecule has 0 bridgehead atoms. The minimum atomic E-state index is -0.354. The summed E-state index contributed by atoms with van der Waals surface area (Å²) in [5.74, 6) is -0.354. The van der Waals surface area contributed by atoms with Crippen LogP contribution in [0, 0.1) is 0 Å². The van der Waals surface area contributed by atoms with Gasteiger partial charge in [0.15, 0.2) is 5.43 Å². The van der Waals surface area contributed by atoms with Crippen LogP contribution < -0.4 is 10.7 Å². The molecule has 1 aromatic carbocycles. The molecule has 1 aromatic heterocycles. The molecule has 1 heterocycles. The average molecular weight is 256 g/mol. The molecule has 0 spiro atoms. The van der Waals surface area contributed by atoms with Crippen molar-refractivity contribution < 1.29 is 4.79 Å². The highest BCUT2D eigenvalue weighted by Crippen LogP contribution is 2.09. The topological polar surface area (TPSA) is 62.0 Å². The molecular weight excluding hydrogens is 240 g/mol. The maximum absolute atomic E-state index is 11.9. The van der Waals surface area contributed by atoms with Gasteiger partial charge in [-0.3, -0.25) is 9.59 Å². The number of aromatic amines is 1. The maximum Gasteiger partial charge on any atom is 0.257 e. The normalized spacial score (nSPS) is 10.2. The number of nitrogens with one attached hydrogen (secondary N) is 2. The lowest BCUT2D eigenvalue weighted by atomic mass is 10.1. The van der Waals surface area contributed by atoms with Gasteiger partial charge in [0.05, 0.1) is 0 Å². The highest BCUT2D eigenvalue weighted by Gasteiger charge is 2.09. The van der Waals surface area contributed by atoms with Gasteiger partial charge in [-0.1, -0.05) is 31.2 Å². The summed E-state index contributed by atoms with van der Waals surface area (Å²) in [7, 11) is 0. The molecule has 0 radical (unpaired) electrons. The summed E-state index contributed by atoms with van der Waals surface area (Å²) in [6.07, 6.45) is 3.84. The lowest BCUT2D eigenvalue weighted by Crippen LogP contribution is -2.28. The van der Waals surface area contributed by atoms with E-state index in [0.717, 1.165) is 12.0 Å². The fourth-order valence-electron chi connectivity index (χ4n) is 1.94. The van der Waals surface area contributed by atoms with Crippen molar-refractivity contribution >= 4 is 5.91 Å². The maximum atomic E-state index is 11.9. The monoisotopic (exact) mass is 256 g/mol. The molecule has 4 nitrogen and oxygen atoms in total. The quantitative estimate of drug-likeness (QED) is 0.877. The number of benzene rings is 1. The third-order valence-electron chi connectivity index (χ3n) is 3.01. The van der Waals surface area contributed by atoms with E-state index in [1.54, 1.807) is 0 Å². The van der Waals surface area contributed by atoms with Crippen LogP contribution >= 0.6 is 0 Å². The van der Waals surface area contributed by atoms with Crippen LogP contribution in [0.5, 0.6) is 0 Å². The first-order valence-corrected chi connectivity index (χ1v) is 6.24. The lowest BCUT2D eigenvalue weighted by molar-refractivity contribution is 0.0949. The summed E-state index contributed by atoms with van der Waals surface area (Å²) in [5.41, 5.74) is 2.13. The number of rotatable bonds is 4. The zero-order chi connectivity index (χ0) is 13.7. The Morgan fingerprint density at radius 3 is 2.63 bits per heavy atom. The highest BCUT2D eigenvalue weighted by atomic mass is 16.2. The number of aryl methyl sites for hydroxylation is 1. The van der Waals surface area contributed by atoms with Crippen LogP contribution in [-0.4, -0.2) is 10.9 Å². The Morgan fingerprint density at radius 2 is 1.95 bits per heavy atom. The molecule has 2 aromatic rings. The molecule has 0 saturated heterocycles. The summed E-state index contributed by atoms with van der Waals surface area (Å²) in [5, 5.41) is 2.77. The number of pyridine rings is 1. The average Bonchev–Trinajstić information content (AvgIpc) is 2.45. The van der Waals surface area contributed by atoms with E-state index in [0.29, 0.717) is 6.54 Å².